The third kappa shape index (κ3) is 8.34. The minimum Gasteiger partial charge on any atom is -0.506 e. The minimum atomic E-state index is -1.91. The number of amides is 3. The standard InChI is InChI=1S/C23H30BCl2N3O8/c1-13(2)8-17(28-18(30)12-27-21(33)15-9-14(25)6-7-16(15)26)24-36-22(34)23(37-24,11-20(32)35-5)10-19(31)29(3)4/h6-7,9,13,17H,8,10-12H2,1-5H3,(H,27,33)(H,28,30)/t17-,23+/m0/s1. The molecule has 14 heteroatoms. The maximum Gasteiger partial charge on any atom is 0.552 e. The number of benzene rings is 1. The van der Waals surface area contributed by atoms with Gasteiger partial charge in [0.05, 0.1) is 43.0 Å². The molecule has 0 spiro atoms. The van der Waals surface area contributed by atoms with Crippen molar-refractivity contribution in [3.05, 3.63) is 33.8 Å². The summed E-state index contributed by atoms with van der Waals surface area (Å²) in [5.74, 6) is -4.14. The van der Waals surface area contributed by atoms with Crippen molar-refractivity contribution in [2.45, 2.75) is 44.7 Å². The predicted molar refractivity (Wildman–Crippen MR) is 136 cm³/mol. The molecule has 0 aliphatic carbocycles. The average Bonchev–Trinajstić information content (AvgIpc) is 3.13. The highest BCUT2D eigenvalue weighted by Gasteiger charge is 2.58. The summed E-state index contributed by atoms with van der Waals surface area (Å²) in [7, 11) is 2.86. The lowest BCUT2D eigenvalue weighted by Crippen LogP contribution is -2.52. The van der Waals surface area contributed by atoms with Crippen molar-refractivity contribution < 1.29 is 38.0 Å². The number of halogens is 2. The summed E-state index contributed by atoms with van der Waals surface area (Å²) >= 11 is 11.9. The van der Waals surface area contributed by atoms with Crippen molar-refractivity contribution in [2.24, 2.45) is 5.92 Å². The first kappa shape index (κ1) is 30.4. The monoisotopic (exact) mass is 557 g/mol. The highest BCUT2D eigenvalue weighted by Crippen LogP contribution is 2.33. The van der Waals surface area contributed by atoms with Gasteiger partial charge in [-0.1, -0.05) is 37.0 Å². The molecule has 0 bridgehead atoms. The zero-order valence-electron chi connectivity index (χ0n) is 21.3. The number of methoxy groups -OCH3 is 1. The van der Waals surface area contributed by atoms with Gasteiger partial charge in [0, 0.05) is 19.1 Å². The van der Waals surface area contributed by atoms with Crippen LogP contribution in [0, 0.1) is 5.92 Å². The van der Waals surface area contributed by atoms with Crippen LogP contribution in [0.25, 0.3) is 0 Å². The molecule has 0 radical (unpaired) electrons. The van der Waals surface area contributed by atoms with Gasteiger partial charge in [-0.25, -0.2) is 0 Å². The summed E-state index contributed by atoms with van der Waals surface area (Å²) in [5.41, 5.74) is -1.80. The summed E-state index contributed by atoms with van der Waals surface area (Å²) in [6, 6.07) is 4.37. The number of nitrogens with one attached hydrogen (secondary N) is 2. The topological polar surface area (TPSA) is 140 Å². The van der Waals surface area contributed by atoms with Crippen LogP contribution in [-0.2, 0) is 33.2 Å². The Bertz CT molecular complexity index is 1050. The molecule has 0 saturated carbocycles. The molecular formula is C23H30BCl2N3O8. The van der Waals surface area contributed by atoms with Crippen molar-refractivity contribution in [2.75, 3.05) is 27.7 Å². The van der Waals surface area contributed by atoms with Crippen molar-refractivity contribution in [1.82, 2.24) is 15.5 Å². The van der Waals surface area contributed by atoms with Gasteiger partial charge >= 0.3 is 19.1 Å². The van der Waals surface area contributed by atoms with Gasteiger partial charge < -0.3 is 29.6 Å². The number of esters is 1. The van der Waals surface area contributed by atoms with E-state index in [0.29, 0.717) is 11.4 Å². The van der Waals surface area contributed by atoms with Gasteiger partial charge in [0.25, 0.3) is 5.91 Å². The van der Waals surface area contributed by atoms with Crippen LogP contribution < -0.4 is 10.6 Å². The normalized spacial score (nSPS) is 17.7. The summed E-state index contributed by atoms with van der Waals surface area (Å²) in [6.45, 7) is 3.36. The van der Waals surface area contributed by atoms with Crippen LogP contribution in [0.15, 0.2) is 18.2 Å². The van der Waals surface area contributed by atoms with Gasteiger partial charge in [-0.15, -0.1) is 0 Å². The molecule has 1 aromatic carbocycles. The van der Waals surface area contributed by atoms with Crippen LogP contribution in [0.5, 0.6) is 0 Å². The van der Waals surface area contributed by atoms with Crippen molar-refractivity contribution in [1.29, 1.82) is 0 Å². The molecule has 2 N–H and O–H groups in total. The molecule has 1 aliphatic rings. The number of carbonyl (C=O) groups is 5. The van der Waals surface area contributed by atoms with Gasteiger partial charge in [-0.3, -0.25) is 24.0 Å². The van der Waals surface area contributed by atoms with Crippen LogP contribution in [-0.4, -0.2) is 81.0 Å². The molecule has 202 valence electrons. The van der Waals surface area contributed by atoms with E-state index in [1.54, 1.807) is 0 Å². The third-order valence-electron chi connectivity index (χ3n) is 5.51. The molecule has 0 aromatic heterocycles. The third-order valence-corrected chi connectivity index (χ3v) is 6.08. The quantitative estimate of drug-likeness (QED) is 0.309. The highest BCUT2D eigenvalue weighted by atomic mass is 35.5. The van der Waals surface area contributed by atoms with Crippen LogP contribution in [0.3, 0.4) is 0 Å². The lowest BCUT2D eigenvalue weighted by Gasteiger charge is -2.26. The molecule has 2 atom stereocenters. The van der Waals surface area contributed by atoms with Crippen LogP contribution in [0.2, 0.25) is 10.0 Å². The van der Waals surface area contributed by atoms with E-state index in [1.165, 1.54) is 37.2 Å². The second-order valence-electron chi connectivity index (χ2n) is 9.21. The summed E-state index contributed by atoms with van der Waals surface area (Å²) in [5, 5.41) is 5.63. The zero-order valence-corrected chi connectivity index (χ0v) is 22.8. The van der Waals surface area contributed by atoms with Crippen LogP contribution in [0.1, 0.15) is 43.5 Å². The first-order valence-electron chi connectivity index (χ1n) is 11.5. The van der Waals surface area contributed by atoms with E-state index in [2.05, 4.69) is 15.4 Å². The van der Waals surface area contributed by atoms with Crippen molar-refractivity contribution in [3.8, 4) is 0 Å². The highest BCUT2D eigenvalue weighted by molar-refractivity contribution is 6.51. The van der Waals surface area contributed by atoms with Crippen molar-refractivity contribution >= 4 is 60.0 Å². The van der Waals surface area contributed by atoms with E-state index in [-0.39, 0.29) is 16.5 Å². The maximum atomic E-state index is 12.9. The van der Waals surface area contributed by atoms with Gasteiger partial charge in [0.1, 0.15) is 0 Å². The number of hydrogen-bond donors (Lipinski definition) is 2. The number of nitrogens with zero attached hydrogens (tertiary/aromatic N) is 1. The molecule has 0 unspecified atom stereocenters. The Balaban J connectivity index is 2.16. The van der Waals surface area contributed by atoms with E-state index >= 15 is 0 Å². The maximum absolute atomic E-state index is 12.9. The Morgan fingerprint density at radius 1 is 1.16 bits per heavy atom. The second kappa shape index (κ2) is 13.1. The molecule has 2 rings (SSSR count). The summed E-state index contributed by atoms with van der Waals surface area (Å²) < 4.78 is 16.0. The molecule has 37 heavy (non-hydrogen) atoms. The van der Waals surface area contributed by atoms with Crippen LogP contribution >= 0.6 is 23.2 Å². The first-order valence-corrected chi connectivity index (χ1v) is 12.2. The Morgan fingerprint density at radius 2 is 1.84 bits per heavy atom. The predicted octanol–water partition coefficient (Wildman–Crippen LogP) is 1.64. The molecule has 1 aromatic rings. The van der Waals surface area contributed by atoms with Gasteiger partial charge in [-0.2, -0.15) is 0 Å². The molecule has 11 nitrogen and oxygen atoms in total. The molecule has 1 fully saturated rings. The fourth-order valence-electron chi connectivity index (χ4n) is 3.60. The van der Waals surface area contributed by atoms with Gasteiger partial charge in [0.2, 0.25) is 11.8 Å². The second-order valence-corrected chi connectivity index (χ2v) is 10.1. The van der Waals surface area contributed by atoms with Crippen LogP contribution in [0.4, 0.5) is 0 Å². The number of hydrogen-bond acceptors (Lipinski definition) is 8. The molecule has 1 saturated heterocycles. The lowest BCUT2D eigenvalue weighted by atomic mass is 9.74. The molecule has 3 amide bonds. The largest absolute Gasteiger partial charge is 0.552 e. The van der Waals surface area contributed by atoms with Gasteiger partial charge in [0.15, 0.2) is 5.60 Å². The number of ether oxygens (including phenoxy) is 1. The number of rotatable bonds is 11. The zero-order chi connectivity index (χ0) is 27.9. The SMILES string of the molecule is COC(=O)C[C@@]1(CC(=O)N(C)C)OB([C@H](CC(C)C)NC(=O)CNC(=O)c2cc(Cl)ccc2Cl)OC1=O. The Kier molecular flexibility index (Phi) is 10.8. The van der Waals surface area contributed by atoms with E-state index in [1.807, 2.05) is 13.8 Å². The van der Waals surface area contributed by atoms with E-state index < -0.39 is 67.7 Å². The van der Waals surface area contributed by atoms with E-state index in [4.69, 9.17) is 32.5 Å². The van der Waals surface area contributed by atoms with E-state index in [0.717, 1.165) is 7.11 Å². The van der Waals surface area contributed by atoms with Gasteiger partial charge in [-0.05, 0) is 30.5 Å². The minimum absolute atomic E-state index is 0.0338. The Morgan fingerprint density at radius 3 is 2.43 bits per heavy atom. The molecule has 1 aliphatic heterocycles. The van der Waals surface area contributed by atoms with Crippen molar-refractivity contribution in [3.63, 3.8) is 0 Å². The molecule has 1 heterocycles. The van der Waals surface area contributed by atoms with E-state index in [9.17, 15) is 24.0 Å². The fourth-order valence-corrected chi connectivity index (χ4v) is 3.98. The summed E-state index contributed by atoms with van der Waals surface area (Å²) in [4.78, 5) is 63.8. The summed E-state index contributed by atoms with van der Waals surface area (Å²) in [6.07, 6.45) is -0.672. The Labute approximate surface area is 225 Å². The first-order chi connectivity index (χ1) is 17.3. The smallest absolute Gasteiger partial charge is 0.506 e. The Hall–Kier alpha value is -2.83. The average molecular weight is 558 g/mol. The lowest BCUT2D eigenvalue weighted by molar-refractivity contribution is -0.157. The molecular weight excluding hydrogens is 528 g/mol. The fraction of sp³-hybridized carbons (Fsp3) is 0.522. The number of carbonyl (C=O) groups excluding carboxylic acids is 5.